The predicted octanol–water partition coefficient (Wildman–Crippen LogP) is -1.23. The number of hydrogen-bond acceptors (Lipinski definition) is 8. The van der Waals surface area contributed by atoms with E-state index in [9.17, 15) is 22.8 Å². The molecule has 1 amide bonds. The first kappa shape index (κ1) is 17.2. The second-order valence-electron chi connectivity index (χ2n) is 4.00. The van der Waals surface area contributed by atoms with Gasteiger partial charge in [-0.25, -0.2) is 4.79 Å². The summed E-state index contributed by atoms with van der Waals surface area (Å²) in [6, 6.07) is -1.31. The molecule has 1 fully saturated rings. The van der Waals surface area contributed by atoms with E-state index in [-0.39, 0.29) is 26.0 Å². The van der Waals surface area contributed by atoms with Gasteiger partial charge in [0.2, 0.25) is 0 Å². The van der Waals surface area contributed by atoms with Crippen molar-refractivity contribution < 1.29 is 37.0 Å². The summed E-state index contributed by atoms with van der Waals surface area (Å²) in [4.78, 5) is 33.9. The average molecular weight is 324 g/mol. The van der Waals surface area contributed by atoms with Gasteiger partial charge in [0.25, 0.3) is 0 Å². The summed E-state index contributed by atoms with van der Waals surface area (Å²) in [7, 11) is -2.02. The van der Waals surface area contributed by atoms with E-state index >= 15 is 0 Å². The van der Waals surface area contributed by atoms with E-state index in [4.69, 9.17) is 0 Å². The molecule has 1 aliphatic heterocycles. The first-order chi connectivity index (χ1) is 9.81. The van der Waals surface area contributed by atoms with Crippen molar-refractivity contribution in [3.63, 3.8) is 0 Å². The van der Waals surface area contributed by atoms with Gasteiger partial charge in [0.15, 0.2) is 0 Å². The zero-order valence-corrected chi connectivity index (χ0v) is 12.3. The van der Waals surface area contributed by atoms with Crippen LogP contribution in [-0.2, 0) is 34.0 Å². The zero-order chi connectivity index (χ0) is 16.0. The van der Waals surface area contributed by atoms with Gasteiger partial charge in [-0.15, -0.1) is 0 Å². The first-order valence-electron chi connectivity index (χ1n) is 5.93. The molecule has 1 N–H and O–H groups in total. The van der Waals surface area contributed by atoms with E-state index in [1.807, 2.05) is 4.72 Å². The molecule has 1 atom stereocenters. The molecular weight excluding hydrogens is 308 g/mol. The molecule has 1 saturated heterocycles. The van der Waals surface area contributed by atoms with Crippen molar-refractivity contribution in [3.05, 3.63) is 0 Å². The highest BCUT2D eigenvalue weighted by molar-refractivity contribution is 7.87. The molecule has 0 saturated carbocycles. The standard InChI is InChI=1S/C10H16N2O8S/c1-18-8(13)4-3-7(9(14)19-2)11-21(16,17)12-5-6-20-10(12)15/h7,11H,3-6H2,1-2H3/t7-/m0/s1. The van der Waals surface area contributed by atoms with E-state index in [1.165, 1.54) is 7.11 Å². The van der Waals surface area contributed by atoms with Gasteiger partial charge in [0, 0.05) is 6.42 Å². The number of esters is 2. The van der Waals surface area contributed by atoms with Crippen LogP contribution in [0.3, 0.4) is 0 Å². The number of carbonyl (C=O) groups is 3. The molecule has 0 aromatic heterocycles. The summed E-state index contributed by atoms with van der Waals surface area (Å²) in [5, 5.41) is 0. The molecule has 0 radical (unpaired) electrons. The van der Waals surface area contributed by atoms with Crippen LogP contribution in [-0.4, -0.2) is 64.2 Å². The molecule has 1 heterocycles. The SMILES string of the molecule is COC(=O)CC[C@H](NS(=O)(=O)N1CCOC1=O)C(=O)OC. The van der Waals surface area contributed by atoms with E-state index in [0.717, 1.165) is 7.11 Å². The summed E-state index contributed by atoms with van der Waals surface area (Å²) < 4.78 is 39.8. The van der Waals surface area contributed by atoms with E-state index in [1.54, 1.807) is 0 Å². The topological polar surface area (TPSA) is 128 Å². The molecule has 0 bridgehead atoms. The highest BCUT2D eigenvalue weighted by Gasteiger charge is 2.36. The fourth-order valence-electron chi connectivity index (χ4n) is 1.57. The van der Waals surface area contributed by atoms with Gasteiger partial charge in [0.05, 0.1) is 20.8 Å². The Morgan fingerprint density at radius 3 is 2.52 bits per heavy atom. The lowest BCUT2D eigenvalue weighted by atomic mass is 10.2. The summed E-state index contributed by atoms with van der Waals surface area (Å²) >= 11 is 0. The quantitative estimate of drug-likeness (QED) is 0.455. The Kier molecular flexibility index (Phi) is 5.90. The van der Waals surface area contributed by atoms with Crippen LogP contribution in [0, 0.1) is 0 Å². The van der Waals surface area contributed by atoms with Crippen LogP contribution in [0.5, 0.6) is 0 Å². The fourth-order valence-corrected chi connectivity index (χ4v) is 2.84. The molecule has 11 heteroatoms. The minimum absolute atomic E-state index is 0.0647. The number of carbonyl (C=O) groups excluding carboxylic acids is 3. The van der Waals surface area contributed by atoms with Gasteiger partial charge < -0.3 is 14.2 Å². The van der Waals surface area contributed by atoms with Crippen molar-refractivity contribution in [1.82, 2.24) is 9.03 Å². The van der Waals surface area contributed by atoms with Crippen molar-refractivity contribution >= 4 is 28.2 Å². The van der Waals surface area contributed by atoms with Crippen LogP contribution >= 0.6 is 0 Å². The Labute approximate surface area is 121 Å². The Bertz CT molecular complexity index is 517. The lowest BCUT2D eigenvalue weighted by Gasteiger charge is -2.19. The van der Waals surface area contributed by atoms with Gasteiger partial charge >= 0.3 is 28.2 Å². The molecule has 0 spiro atoms. The maximum absolute atomic E-state index is 12.0. The zero-order valence-electron chi connectivity index (χ0n) is 11.5. The molecule has 0 aliphatic carbocycles. The van der Waals surface area contributed by atoms with Crippen molar-refractivity contribution in [1.29, 1.82) is 0 Å². The van der Waals surface area contributed by atoms with Gasteiger partial charge in [-0.1, -0.05) is 0 Å². The van der Waals surface area contributed by atoms with Crippen LogP contribution in [0.1, 0.15) is 12.8 Å². The minimum Gasteiger partial charge on any atom is -0.469 e. The number of methoxy groups -OCH3 is 2. The summed E-state index contributed by atoms with van der Waals surface area (Å²) in [6.45, 7) is -0.218. The number of nitrogens with zero attached hydrogens (tertiary/aromatic N) is 1. The maximum Gasteiger partial charge on any atom is 0.424 e. The summed E-state index contributed by atoms with van der Waals surface area (Å²) in [5.41, 5.74) is 0. The van der Waals surface area contributed by atoms with Crippen molar-refractivity contribution in [3.8, 4) is 0 Å². The number of rotatable bonds is 7. The second-order valence-corrected chi connectivity index (χ2v) is 5.63. The molecule has 0 unspecified atom stereocenters. The Morgan fingerprint density at radius 1 is 1.38 bits per heavy atom. The molecule has 1 rings (SSSR count). The highest BCUT2D eigenvalue weighted by atomic mass is 32.2. The van der Waals surface area contributed by atoms with Crippen LogP contribution in [0.25, 0.3) is 0 Å². The third kappa shape index (κ3) is 4.56. The minimum atomic E-state index is -4.26. The molecule has 120 valence electrons. The Morgan fingerprint density at radius 2 is 2.05 bits per heavy atom. The van der Waals surface area contributed by atoms with Gasteiger partial charge in [-0.3, -0.25) is 9.59 Å². The molecule has 0 aromatic rings. The fraction of sp³-hybridized carbons (Fsp3) is 0.700. The summed E-state index contributed by atoms with van der Waals surface area (Å²) in [5.74, 6) is -1.49. The summed E-state index contributed by atoms with van der Waals surface area (Å²) in [6.07, 6.45) is -1.39. The van der Waals surface area contributed by atoms with Crippen molar-refractivity contribution in [2.75, 3.05) is 27.4 Å². The maximum atomic E-state index is 12.0. The molecule has 1 aliphatic rings. The number of hydrogen-bond donors (Lipinski definition) is 1. The van der Waals surface area contributed by atoms with Crippen LogP contribution in [0.2, 0.25) is 0 Å². The molecule has 21 heavy (non-hydrogen) atoms. The number of amides is 1. The molecular formula is C10H16N2O8S. The largest absolute Gasteiger partial charge is 0.469 e. The number of ether oxygens (including phenoxy) is 3. The van der Waals surface area contributed by atoms with Crippen LogP contribution < -0.4 is 4.72 Å². The van der Waals surface area contributed by atoms with E-state index in [2.05, 4.69) is 14.2 Å². The number of nitrogens with one attached hydrogen (secondary N) is 1. The van der Waals surface area contributed by atoms with Crippen molar-refractivity contribution in [2.24, 2.45) is 0 Å². The van der Waals surface area contributed by atoms with Gasteiger partial charge in [0.1, 0.15) is 12.6 Å². The molecule has 10 nitrogen and oxygen atoms in total. The van der Waals surface area contributed by atoms with Crippen molar-refractivity contribution in [2.45, 2.75) is 18.9 Å². The highest BCUT2D eigenvalue weighted by Crippen LogP contribution is 2.11. The van der Waals surface area contributed by atoms with Gasteiger partial charge in [-0.05, 0) is 6.42 Å². The van der Waals surface area contributed by atoms with Crippen LogP contribution in [0.4, 0.5) is 4.79 Å². The smallest absolute Gasteiger partial charge is 0.424 e. The third-order valence-electron chi connectivity index (χ3n) is 2.66. The predicted molar refractivity (Wildman–Crippen MR) is 67.2 cm³/mol. The number of cyclic esters (lactones) is 1. The molecule has 0 aromatic carbocycles. The Hall–Kier alpha value is -1.88. The second kappa shape index (κ2) is 7.22. The monoisotopic (exact) mass is 324 g/mol. The Balaban J connectivity index is 2.77. The lowest BCUT2D eigenvalue weighted by Crippen LogP contribution is -2.49. The van der Waals surface area contributed by atoms with Crippen LogP contribution in [0.15, 0.2) is 0 Å². The van der Waals surface area contributed by atoms with E-state index in [0.29, 0.717) is 4.31 Å². The van der Waals surface area contributed by atoms with Gasteiger partial charge in [-0.2, -0.15) is 17.4 Å². The normalized spacial score (nSPS) is 16.3. The third-order valence-corrected chi connectivity index (χ3v) is 4.15. The lowest BCUT2D eigenvalue weighted by molar-refractivity contribution is -0.144. The van der Waals surface area contributed by atoms with E-state index < -0.39 is 34.3 Å². The average Bonchev–Trinajstić information content (AvgIpc) is 2.89. The first-order valence-corrected chi connectivity index (χ1v) is 7.37.